The molecule has 19 heavy (non-hydrogen) atoms. The van der Waals surface area contributed by atoms with Crippen LogP contribution < -0.4 is 5.43 Å². The Kier molecular flexibility index (Phi) is 6.08. The average Bonchev–Trinajstić information content (AvgIpc) is 2.37. The van der Waals surface area contributed by atoms with Gasteiger partial charge >= 0.3 is 5.97 Å². The highest BCUT2D eigenvalue weighted by molar-refractivity contribution is 5.82. The van der Waals surface area contributed by atoms with Gasteiger partial charge in [0.1, 0.15) is 5.75 Å². The number of benzene rings is 1. The number of carboxylic acid groups (broad SMARTS) is 1. The standard InChI is InChI=1S/C13H16N2O4/c16-11-7-5-10(6-8-11)9-14-15-12(17)3-1-2-4-13(18)19/h5-9,16H,1-4H2,(H,15,17)(H,18,19). The van der Waals surface area contributed by atoms with Crippen molar-refractivity contribution < 1.29 is 19.8 Å². The second-order valence-electron chi connectivity index (χ2n) is 3.99. The third-order valence-electron chi connectivity index (χ3n) is 2.34. The molecule has 1 aromatic rings. The molecule has 1 aromatic carbocycles. The van der Waals surface area contributed by atoms with Crippen LogP contribution in [-0.4, -0.2) is 28.3 Å². The Balaban J connectivity index is 2.22. The van der Waals surface area contributed by atoms with E-state index in [9.17, 15) is 9.59 Å². The van der Waals surface area contributed by atoms with Gasteiger partial charge in [-0.15, -0.1) is 0 Å². The summed E-state index contributed by atoms with van der Waals surface area (Å²) in [5, 5.41) is 21.3. The fourth-order valence-electron chi connectivity index (χ4n) is 1.36. The molecule has 6 nitrogen and oxygen atoms in total. The Morgan fingerprint density at radius 2 is 1.79 bits per heavy atom. The maximum Gasteiger partial charge on any atom is 0.303 e. The molecule has 0 heterocycles. The van der Waals surface area contributed by atoms with Crippen LogP contribution in [0.2, 0.25) is 0 Å². The van der Waals surface area contributed by atoms with Crippen LogP contribution >= 0.6 is 0 Å². The van der Waals surface area contributed by atoms with Crippen LogP contribution in [0.1, 0.15) is 31.2 Å². The number of nitrogens with one attached hydrogen (secondary N) is 1. The normalized spacial score (nSPS) is 10.5. The molecular formula is C13H16N2O4. The second-order valence-corrected chi connectivity index (χ2v) is 3.99. The molecule has 0 aliphatic rings. The predicted molar refractivity (Wildman–Crippen MR) is 69.9 cm³/mol. The first-order chi connectivity index (χ1) is 9.08. The number of phenolic OH excluding ortho intramolecular Hbond substituents is 1. The number of hydrazone groups is 1. The van der Waals surface area contributed by atoms with E-state index < -0.39 is 5.97 Å². The number of carbonyl (C=O) groups excluding carboxylic acids is 1. The number of hydrogen-bond acceptors (Lipinski definition) is 4. The largest absolute Gasteiger partial charge is 0.508 e. The summed E-state index contributed by atoms with van der Waals surface area (Å²) in [4.78, 5) is 21.6. The molecule has 0 saturated heterocycles. The first-order valence-corrected chi connectivity index (χ1v) is 5.90. The number of phenols is 1. The highest BCUT2D eigenvalue weighted by Gasteiger charge is 2.01. The zero-order valence-corrected chi connectivity index (χ0v) is 10.4. The number of carboxylic acids is 1. The molecule has 0 unspecified atom stereocenters. The van der Waals surface area contributed by atoms with E-state index in [4.69, 9.17) is 10.2 Å². The SMILES string of the molecule is O=C(O)CCCCC(=O)NN=Cc1ccc(O)cc1. The van der Waals surface area contributed by atoms with Gasteiger partial charge in [-0.1, -0.05) is 0 Å². The van der Waals surface area contributed by atoms with Crippen LogP contribution in [-0.2, 0) is 9.59 Å². The molecule has 0 radical (unpaired) electrons. The van der Waals surface area contributed by atoms with Crippen LogP contribution in [0.15, 0.2) is 29.4 Å². The molecule has 102 valence electrons. The Morgan fingerprint density at radius 3 is 2.42 bits per heavy atom. The Labute approximate surface area is 110 Å². The number of hydrogen-bond donors (Lipinski definition) is 3. The number of amides is 1. The molecule has 6 heteroatoms. The van der Waals surface area contributed by atoms with Crippen molar-refractivity contribution in [1.29, 1.82) is 0 Å². The lowest BCUT2D eigenvalue weighted by molar-refractivity contribution is -0.137. The Bertz CT molecular complexity index is 454. The third kappa shape index (κ3) is 6.82. The van der Waals surface area contributed by atoms with Crippen molar-refractivity contribution in [2.75, 3.05) is 0 Å². The molecular weight excluding hydrogens is 248 g/mol. The van der Waals surface area contributed by atoms with E-state index in [1.165, 1.54) is 18.3 Å². The quantitative estimate of drug-likeness (QED) is 0.394. The number of carbonyl (C=O) groups is 2. The van der Waals surface area contributed by atoms with Gasteiger partial charge in [0.05, 0.1) is 6.21 Å². The number of aliphatic carboxylic acids is 1. The van der Waals surface area contributed by atoms with E-state index in [-0.39, 0.29) is 24.5 Å². The average molecular weight is 264 g/mol. The monoisotopic (exact) mass is 264 g/mol. The summed E-state index contributed by atoms with van der Waals surface area (Å²) in [5.41, 5.74) is 3.11. The molecule has 0 aliphatic heterocycles. The van der Waals surface area contributed by atoms with Crippen molar-refractivity contribution in [2.45, 2.75) is 25.7 Å². The Morgan fingerprint density at radius 1 is 1.16 bits per heavy atom. The van der Waals surface area contributed by atoms with E-state index in [2.05, 4.69) is 10.5 Å². The zero-order valence-electron chi connectivity index (χ0n) is 10.4. The first-order valence-electron chi connectivity index (χ1n) is 5.90. The van der Waals surface area contributed by atoms with Crippen molar-refractivity contribution in [3.05, 3.63) is 29.8 Å². The van der Waals surface area contributed by atoms with Crippen molar-refractivity contribution in [1.82, 2.24) is 5.43 Å². The maximum atomic E-state index is 11.3. The first kappa shape index (κ1) is 14.7. The molecule has 0 aromatic heterocycles. The second kappa shape index (κ2) is 7.86. The fourth-order valence-corrected chi connectivity index (χ4v) is 1.36. The summed E-state index contributed by atoms with van der Waals surface area (Å²) in [6, 6.07) is 6.37. The molecule has 0 spiro atoms. The van der Waals surface area contributed by atoms with Crippen LogP contribution in [0.25, 0.3) is 0 Å². The molecule has 0 atom stereocenters. The topological polar surface area (TPSA) is 99.0 Å². The van der Waals surface area contributed by atoms with Gasteiger partial charge in [0, 0.05) is 12.8 Å². The van der Waals surface area contributed by atoms with E-state index in [0.29, 0.717) is 12.8 Å². The fraction of sp³-hybridized carbons (Fsp3) is 0.308. The Hall–Kier alpha value is -2.37. The minimum Gasteiger partial charge on any atom is -0.508 e. The number of rotatable bonds is 7. The molecule has 3 N–H and O–H groups in total. The molecule has 0 saturated carbocycles. The summed E-state index contributed by atoms with van der Waals surface area (Å²) in [6.07, 6.45) is 2.79. The molecule has 0 aliphatic carbocycles. The summed E-state index contributed by atoms with van der Waals surface area (Å²) >= 11 is 0. The lowest BCUT2D eigenvalue weighted by atomic mass is 10.2. The zero-order chi connectivity index (χ0) is 14.1. The number of nitrogens with zero attached hydrogens (tertiary/aromatic N) is 1. The maximum absolute atomic E-state index is 11.3. The minimum absolute atomic E-state index is 0.0735. The van der Waals surface area contributed by atoms with E-state index in [0.717, 1.165) is 5.56 Å². The van der Waals surface area contributed by atoms with Crippen LogP contribution in [0, 0.1) is 0 Å². The lowest BCUT2D eigenvalue weighted by Gasteiger charge is -1.99. The highest BCUT2D eigenvalue weighted by Crippen LogP contribution is 2.07. The van der Waals surface area contributed by atoms with Crippen molar-refractivity contribution in [3.63, 3.8) is 0 Å². The predicted octanol–water partition coefficient (Wildman–Crippen LogP) is 1.49. The molecule has 0 bridgehead atoms. The van der Waals surface area contributed by atoms with Crippen molar-refractivity contribution >= 4 is 18.1 Å². The minimum atomic E-state index is -0.856. The van der Waals surface area contributed by atoms with Gasteiger partial charge in [0.15, 0.2) is 0 Å². The smallest absolute Gasteiger partial charge is 0.303 e. The van der Waals surface area contributed by atoms with Gasteiger partial charge in [-0.25, -0.2) is 5.43 Å². The van der Waals surface area contributed by atoms with Gasteiger partial charge in [-0.3, -0.25) is 9.59 Å². The highest BCUT2D eigenvalue weighted by atomic mass is 16.4. The lowest BCUT2D eigenvalue weighted by Crippen LogP contribution is -2.17. The van der Waals surface area contributed by atoms with E-state index in [1.54, 1.807) is 12.1 Å². The number of unbranched alkanes of at least 4 members (excludes halogenated alkanes) is 1. The van der Waals surface area contributed by atoms with Gasteiger partial charge in [-0.2, -0.15) is 5.10 Å². The van der Waals surface area contributed by atoms with Crippen LogP contribution in [0.4, 0.5) is 0 Å². The summed E-state index contributed by atoms with van der Waals surface area (Å²) < 4.78 is 0. The van der Waals surface area contributed by atoms with Gasteiger partial charge in [-0.05, 0) is 42.7 Å². The van der Waals surface area contributed by atoms with Gasteiger partial charge in [0.2, 0.25) is 5.91 Å². The van der Waals surface area contributed by atoms with E-state index >= 15 is 0 Å². The number of aromatic hydroxyl groups is 1. The summed E-state index contributed by atoms with van der Waals surface area (Å²) in [5.74, 6) is -0.939. The molecule has 1 rings (SSSR count). The van der Waals surface area contributed by atoms with Crippen molar-refractivity contribution in [2.24, 2.45) is 5.10 Å². The summed E-state index contributed by atoms with van der Waals surface area (Å²) in [6.45, 7) is 0. The molecule has 0 fully saturated rings. The van der Waals surface area contributed by atoms with Gasteiger partial charge < -0.3 is 10.2 Å². The molecule has 1 amide bonds. The van der Waals surface area contributed by atoms with Crippen LogP contribution in [0.3, 0.4) is 0 Å². The van der Waals surface area contributed by atoms with Crippen molar-refractivity contribution in [3.8, 4) is 5.75 Å². The van der Waals surface area contributed by atoms with Crippen LogP contribution in [0.5, 0.6) is 5.75 Å². The van der Waals surface area contributed by atoms with E-state index in [1.807, 2.05) is 0 Å². The third-order valence-corrected chi connectivity index (χ3v) is 2.34. The summed E-state index contributed by atoms with van der Waals surface area (Å²) in [7, 11) is 0. The van der Waals surface area contributed by atoms with Gasteiger partial charge in [0.25, 0.3) is 0 Å².